The molecule has 1 aromatic heterocycles. The Kier molecular flexibility index (Phi) is 3.97. The Balaban J connectivity index is 2.27. The van der Waals surface area contributed by atoms with E-state index in [0.717, 1.165) is 0 Å². The van der Waals surface area contributed by atoms with Crippen molar-refractivity contribution < 1.29 is 15.0 Å². The highest BCUT2D eigenvalue weighted by atomic mass is 16.4. The lowest BCUT2D eigenvalue weighted by Gasteiger charge is -2.27. The number of hydrogen-bond acceptors (Lipinski definition) is 3. The van der Waals surface area contributed by atoms with Crippen LogP contribution in [0.25, 0.3) is 0 Å². The average Bonchev–Trinajstić information content (AvgIpc) is 2.94. The first-order chi connectivity index (χ1) is 9.19. The van der Waals surface area contributed by atoms with Gasteiger partial charge in [-0.05, 0) is 18.1 Å². The largest absolute Gasteiger partial charge is 0.481 e. The number of carboxylic acid groups (broad SMARTS) is 1. The molecule has 1 atom stereocenters. The second-order valence-corrected chi connectivity index (χ2v) is 4.43. The molecule has 1 aromatic carbocycles. The minimum atomic E-state index is -1.28. The van der Waals surface area contributed by atoms with Gasteiger partial charge in [0.1, 0.15) is 5.41 Å². The van der Waals surface area contributed by atoms with Crippen LogP contribution in [0, 0.1) is 0 Å². The predicted molar refractivity (Wildman–Crippen MR) is 69.7 cm³/mol. The molecule has 19 heavy (non-hydrogen) atoms. The van der Waals surface area contributed by atoms with Crippen molar-refractivity contribution in [3.63, 3.8) is 0 Å². The number of aliphatic carboxylic acids is 1. The predicted octanol–water partition coefficient (Wildman–Crippen LogP) is 1.29. The number of carbonyl (C=O) groups is 1. The third kappa shape index (κ3) is 2.66. The van der Waals surface area contributed by atoms with E-state index in [4.69, 9.17) is 0 Å². The Hall–Kier alpha value is -2.14. The van der Waals surface area contributed by atoms with Gasteiger partial charge in [-0.25, -0.2) is 0 Å². The lowest BCUT2D eigenvalue weighted by Crippen LogP contribution is -2.40. The van der Waals surface area contributed by atoms with Crippen LogP contribution in [0.4, 0.5) is 0 Å². The molecule has 0 aliphatic heterocycles. The molecule has 0 saturated carbocycles. The lowest BCUT2D eigenvalue weighted by atomic mass is 9.78. The smallest absolute Gasteiger partial charge is 0.316 e. The van der Waals surface area contributed by atoms with Crippen LogP contribution in [0.5, 0.6) is 0 Å². The van der Waals surface area contributed by atoms with Crippen LogP contribution in [0.15, 0.2) is 48.8 Å². The third-order valence-corrected chi connectivity index (χ3v) is 3.33. The molecule has 0 amide bonds. The van der Waals surface area contributed by atoms with Crippen molar-refractivity contribution >= 4 is 5.97 Å². The van der Waals surface area contributed by atoms with Crippen LogP contribution < -0.4 is 0 Å². The van der Waals surface area contributed by atoms with Crippen molar-refractivity contribution in [2.75, 3.05) is 6.61 Å². The maximum atomic E-state index is 11.6. The van der Waals surface area contributed by atoms with Gasteiger partial charge >= 0.3 is 5.97 Å². The van der Waals surface area contributed by atoms with Gasteiger partial charge in [-0.1, -0.05) is 30.3 Å². The van der Waals surface area contributed by atoms with Crippen molar-refractivity contribution in [2.45, 2.75) is 18.4 Å². The summed E-state index contributed by atoms with van der Waals surface area (Å²) in [5.74, 6) is -1.02. The first kappa shape index (κ1) is 13.3. The third-order valence-electron chi connectivity index (χ3n) is 3.33. The SMILES string of the molecule is O=C(O)[C@@](CO)(CCn1cccn1)c1ccccc1. The maximum absolute atomic E-state index is 11.6. The fourth-order valence-corrected chi connectivity index (χ4v) is 2.11. The minimum absolute atomic E-state index is 0.282. The van der Waals surface area contributed by atoms with Crippen LogP contribution in [-0.4, -0.2) is 32.6 Å². The monoisotopic (exact) mass is 260 g/mol. The lowest BCUT2D eigenvalue weighted by molar-refractivity contribution is -0.146. The summed E-state index contributed by atoms with van der Waals surface area (Å²) in [5.41, 5.74) is -0.676. The van der Waals surface area contributed by atoms with Crippen LogP contribution >= 0.6 is 0 Å². The zero-order chi connectivity index (χ0) is 13.7. The number of benzene rings is 1. The van der Waals surface area contributed by atoms with Gasteiger partial charge in [-0.3, -0.25) is 9.48 Å². The van der Waals surface area contributed by atoms with Crippen LogP contribution in [0.3, 0.4) is 0 Å². The van der Waals surface area contributed by atoms with E-state index in [0.29, 0.717) is 12.1 Å². The van der Waals surface area contributed by atoms with E-state index in [2.05, 4.69) is 5.10 Å². The standard InChI is InChI=1S/C14H16N2O3/c17-11-14(13(18)19,12-5-2-1-3-6-12)7-10-16-9-4-8-15-16/h1-6,8-9,17H,7,10-11H2,(H,18,19)/t14-/m1/s1. The summed E-state index contributed by atoms with van der Waals surface area (Å²) in [6.45, 7) is 0.00235. The fourth-order valence-electron chi connectivity index (χ4n) is 2.11. The average molecular weight is 260 g/mol. The second kappa shape index (κ2) is 5.67. The van der Waals surface area contributed by atoms with Crippen molar-refractivity contribution in [1.82, 2.24) is 9.78 Å². The summed E-state index contributed by atoms with van der Waals surface area (Å²) in [5, 5.41) is 23.2. The molecule has 2 aromatic rings. The van der Waals surface area contributed by atoms with E-state index in [1.54, 1.807) is 47.4 Å². The van der Waals surface area contributed by atoms with Crippen molar-refractivity contribution in [3.05, 3.63) is 54.4 Å². The van der Waals surface area contributed by atoms with Gasteiger partial charge in [0.15, 0.2) is 0 Å². The van der Waals surface area contributed by atoms with Gasteiger partial charge in [0.25, 0.3) is 0 Å². The number of hydrogen-bond donors (Lipinski definition) is 2. The molecule has 5 heteroatoms. The number of aromatic nitrogens is 2. The van der Waals surface area contributed by atoms with E-state index < -0.39 is 18.0 Å². The Morgan fingerprint density at radius 1 is 1.26 bits per heavy atom. The number of nitrogens with zero attached hydrogens (tertiary/aromatic N) is 2. The summed E-state index contributed by atoms with van der Waals surface area (Å²) < 4.78 is 1.66. The Labute approximate surface area is 111 Å². The molecule has 100 valence electrons. The molecule has 0 radical (unpaired) electrons. The van der Waals surface area contributed by atoms with Crippen LogP contribution in [0.1, 0.15) is 12.0 Å². The van der Waals surface area contributed by atoms with Crippen molar-refractivity contribution in [2.24, 2.45) is 0 Å². The highest BCUT2D eigenvalue weighted by Gasteiger charge is 2.39. The first-order valence-electron chi connectivity index (χ1n) is 6.06. The molecule has 0 aliphatic carbocycles. The molecule has 5 nitrogen and oxygen atoms in total. The van der Waals surface area contributed by atoms with Gasteiger partial charge in [0.2, 0.25) is 0 Å². The summed E-state index contributed by atoms with van der Waals surface area (Å²) in [6, 6.07) is 10.6. The minimum Gasteiger partial charge on any atom is -0.481 e. The van der Waals surface area contributed by atoms with Crippen LogP contribution in [-0.2, 0) is 16.8 Å². The quantitative estimate of drug-likeness (QED) is 0.820. The molecule has 0 unspecified atom stereocenters. The summed E-state index contributed by atoms with van der Waals surface area (Å²) in [7, 11) is 0. The van der Waals surface area contributed by atoms with Crippen molar-refractivity contribution in [3.8, 4) is 0 Å². The summed E-state index contributed by atoms with van der Waals surface area (Å²) >= 11 is 0. The van der Waals surface area contributed by atoms with E-state index in [-0.39, 0.29) is 6.42 Å². The highest BCUT2D eigenvalue weighted by Crippen LogP contribution is 2.28. The van der Waals surface area contributed by atoms with Gasteiger partial charge < -0.3 is 10.2 Å². The summed E-state index contributed by atoms with van der Waals surface area (Å²) in [4.78, 5) is 11.6. The van der Waals surface area contributed by atoms with Gasteiger partial charge in [-0.15, -0.1) is 0 Å². The molecule has 0 bridgehead atoms. The van der Waals surface area contributed by atoms with Gasteiger partial charge in [-0.2, -0.15) is 5.10 Å². The number of carboxylic acids is 1. The molecule has 0 spiro atoms. The first-order valence-corrected chi connectivity index (χ1v) is 6.06. The topological polar surface area (TPSA) is 75.3 Å². The number of aryl methyl sites for hydroxylation is 1. The Morgan fingerprint density at radius 2 is 2.00 bits per heavy atom. The molecule has 2 N–H and O–H groups in total. The van der Waals surface area contributed by atoms with E-state index in [1.165, 1.54) is 0 Å². The molecular formula is C14H16N2O3. The molecule has 2 rings (SSSR count). The highest BCUT2D eigenvalue weighted by molar-refractivity contribution is 5.81. The Bertz CT molecular complexity index is 525. The van der Waals surface area contributed by atoms with Crippen LogP contribution in [0.2, 0.25) is 0 Å². The fraction of sp³-hybridized carbons (Fsp3) is 0.286. The van der Waals surface area contributed by atoms with Gasteiger partial charge in [0.05, 0.1) is 6.61 Å². The normalized spacial score (nSPS) is 13.9. The molecule has 0 saturated heterocycles. The van der Waals surface area contributed by atoms with Gasteiger partial charge in [0, 0.05) is 18.9 Å². The molecule has 0 aliphatic rings. The number of rotatable bonds is 6. The summed E-state index contributed by atoms with van der Waals surface area (Å²) in [6.07, 6.45) is 3.70. The number of aliphatic hydroxyl groups is 1. The van der Waals surface area contributed by atoms with E-state index >= 15 is 0 Å². The molecular weight excluding hydrogens is 244 g/mol. The van der Waals surface area contributed by atoms with Crippen molar-refractivity contribution in [1.29, 1.82) is 0 Å². The van der Waals surface area contributed by atoms with E-state index in [1.807, 2.05) is 6.07 Å². The maximum Gasteiger partial charge on any atom is 0.316 e. The molecule has 0 fully saturated rings. The Morgan fingerprint density at radius 3 is 2.53 bits per heavy atom. The number of aliphatic hydroxyl groups excluding tert-OH is 1. The van der Waals surface area contributed by atoms with E-state index in [9.17, 15) is 15.0 Å². The second-order valence-electron chi connectivity index (χ2n) is 4.43. The molecule has 1 heterocycles. The zero-order valence-corrected chi connectivity index (χ0v) is 10.4. The zero-order valence-electron chi connectivity index (χ0n) is 10.4.